The van der Waals surface area contributed by atoms with E-state index < -0.39 is 21.9 Å². The monoisotopic (exact) mass is 498 g/mol. The van der Waals surface area contributed by atoms with E-state index in [4.69, 9.17) is 16.0 Å². The third-order valence-electron chi connectivity index (χ3n) is 4.87. The van der Waals surface area contributed by atoms with Crippen molar-refractivity contribution in [2.75, 3.05) is 5.75 Å². The van der Waals surface area contributed by atoms with Gasteiger partial charge in [0.1, 0.15) is 0 Å². The second-order valence-corrected chi connectivity index (χ2v) is 9.59. The predicted octanol–water partition coefficient (Wildman–Crippen LogP) is 3.58. The molecule has 0 atom stereocenters. The van der Waals surface area contributed by atoms with Gasteiger partial charge in [0.05, 0.1) is 5.75 Å². The fourth-order valence-corrected chi connectivity index (χ4v) is 3.65. The van der Waals surface area contributed by atoms with Crippen LogP contribution in [-0.2, 0) is 19.7 Å². The topological polar surface area (TPSA) is 141 Å². The predicted molar refractivity (Wildman–Crippen MR) is 138 cm³/mol. The molecular formula is C22H48N2Na2O5S. The van der Waals surface area contributed by atoms with Gasteiger partial charge in [0.25, 0.3) is 10.1 Å². The Balaban J connectivity index is -0.000000335. The van der Waals surface area contributed by atoms with Gasteiger partial charge in [-0.3, -0.25) is 14.1 Å². The molecule has 0 unspecified atom stereocenters. The van der Waals surface area contributed by atoms with Gasteiger partial charge < -0.3 is 11.5 Å². The van der Waals surface area contributed by atoms with E-state index in [2.05, 4.69) is 6.92 Å². The summed E-state index contributed by atoms with van der Waals surface area (Å²) in [6, 6.07) is 0. The van der Waals surface area contributed by atoms with Crippen LogP contribution in [0.3, 0.4) is 0 Å². The van der Waals surface area contributed by atoms with E-state index in [1.165, 1.54) is 83.5 Å². The van der Waals surface area contributed by atoms with Gasteiger partial charge in [-0.1, -0.05) is 103 Å². The first-order valence-electron chi connectivity index (χ1n) is 11.7. The van der Waals surface area contributed by atoms with Crippen molar-refractivity contribution in [1.82, 2.24) is 0 Å². The summed E-state index contributed by atoms with van der Waals surface area (Å²) in [5.41, 5.74) is 9.39. The molecule has 0 saturated heterocycles. The summed E-state index contributed by atoms with van der Waals surface area (Å²) in [5.74, 6) is -1.07. The first kappa shape index (κ1) is 40.0. The number of carbonyl (C=O) groups excluding carboxylic acids is 2. The molecule has 0 radical (unpaired) electrons. The van der Waals surface area contributed by atoms with E-state index in [9.17, 15) is 18.0 Å². The van der Waals surface area contributed by atoms with Crippen molar-refractivity contribution in [3.63, 3.8) is 0 Å². The van der Waals surface area contributed by atoms with Gasteiger partial charge in [-0.25, -0.2) is 0 Å². The third kappa shape index (κ3) is 44.5. The molecule has 0 aromatic rings. The molecule has 0 aromatic heterocycles. The van der Waals surface area contributed by atoms with Gasteiger partial charge in [-0.2, -0.15) is 8.42 Å². The number of primary amides is 2. The summed E-state index contributed by atoms with van der Waals surface area (Å²) in [5, 5.41) is 0. The number of nitrogens with two attached hydrogens (primary N) is 2. The average Bonchev–Trinajstić information content (AvgIpc) is 2.65. The standard InChI is InChI=1S/C18H38O3S.C4H8N2O2.2Na.2H/c1-2-3-4-5-6-7-8-9-10-11-12-13-14-15-16-17-18-22(19,20)21;5-3(7)1-2-4(6)8;;;;/h2-18H2,1H3,(H,19,20,21);1-2H2,(H2,5,7)(H2,6,8);;;;. The van der Waals surface area contributed by atoms with Crippen LogP contribution in [0.25, 0.3) is 0 Å². The number of amides is 2. The number of carbonyl (C=O) groups is 2. The Morgan fingerprint density at radius 2 is 0.844 bits per heavy atom. The first-order chi connectivity index (χ1) is 14.2. The Kier molecular flexibility index (Phi) is 37.4. The Morgan fingerprint density at radius 1 is 0.594 bits per heavy atom. The Labute approximate surface area is 241 Å². The van der Waals surface area contributed by atoms with Gasteiger partial charge in [0, 0.05) is 12.8 Å². The van der Waals surface area contributed by atoms with Crippen LogP contribution in [-0.4, -0.2) is 89.7 Å². The van der Waals surface area contributed by atoms with E-state index in [0.717, 1.165) is 12.8 Å². The van der Waals surface area contributed by atoms with Gasteiger partial charge in [-0.15, -0.1) is 0 Å². The second-order valence-electron chi connectivity index (χ2n) is 8.02. The molecule has 0 aliphatic rings. The molecule has 0 aliphatic carbocycles. The molecule has 5 N–H and O–H groups in total. The van der Waals surface area contributed by atoms with E-state index in [1.54, 1.807) is 0 Å². The summed E-state index contributed by atoms with van der Waals surface area (Å²) >= 11 is 0. The second kappa shape index (κ2) is 29.9. The molecular weight excluding hydrogens is 450 g/mol. The Bertz CT molecular complexity index is 506. The summed E-state index contributed by atoms with van der Waals surface area (Å²) in [4.78, 5) is 19.8. The molecule has 7 nitrogen and oxygen atoms in total. The minimum absolute atomic E-state index is 0. The van der Waals surface area contributed by atoms with Crippen molar-refractivity contribution in [2.24, 2.45) is 11.5 Å². The average molecular weight is 499 g/mol. The summed E-state index contributed by atoms with van der Waals surface area (Å²) < 4.78 is 29.7. The maximum atomic E-state index is 10.5. The molecule has 0 fully saturated rings. The summed E-state index contributed by atoms with van der Waals surface area (Å²) in [6.07, 6.45) is 20.4. The quantitative estimate of drug-likeness (QED) is 0.134. The van der Waals surface area contributed by atoms with Crippen LogP contribution in [0, 0.1) is 0 Å². The Hall–Kier alpha value is 0.850. The van der Waals surface area contributed by atoms with Crippen molar-refractivity contribution in [3.8, 4) is 0 Å². The molecule has 0 heterocycles. The van der Waals surface area contributed by atoms with Crippen molar-refractivity contribution >= 4 is 81.0 Å². The summed E-state index contributed by atoms with van der Waals surface area (Å²) in [7, 11) is -3.74. The van der Waals surface area contributed by atoms with Crippen molar-refractivity contribution in [2.45, 2.75) is 122 Å². The molecule has 0 rings (SSSR count). The molecule has 2 amide bonds. The van der Waals surface area contributed by atoms with Crippen molar-refractivity contribution in [3.05, 3.63) is 0 Å². The molecule has 0 saturated carbocycles. The van der Waals surface area contributed by atoms with E-state index >= 15 is 0 Å². The molecule has 0 spiro atoms. The zero-order valence-corrected chi connectivity index (χ0v) is 19.9. The zero-order chi connectivity index (χ0) is 23.1. The van der Waals surface area contributed by atoms with Gasteiger partial charge in [0.15, 0.2) is 0 Å². The van der Waals surface area contributed by atoms with Crippen LogP contribution >= 0.6 is 0 Å². The van der Waals surface area contributed by atoms with Gasteiger partial charge >= 0.3 is 59.1 Å². The van der Waals surface area contributed by atoms with Crippen LogP contribution in [0.15, 0.2) is 0 Å². The minimum atomic E-state index is -3.74. The Morgan fingerprint density at radius 3 is 1.06 bits per heavy atom. The summed E-state index contributed by atoms with van der Waals surface area (Å²) in [6.45, 7) is 2.26. The van der Waals surface area contributed by atoms with Crippen LogP contribution in [0.5, 0.6) is 0 Å². The SMILES string of the molecule is CCCCCCCCCCCCCCCCCCS(=O)(=O)O.NC(=O)CCC(N)=O.[NaH].[NaH]. The maximum absolute atomic E-state index is 10.5. The number of hydrogen-bond donors (Lipinski definition) is 3. The molecule has 10 heteroatoms. The normalized spacial score (nSPS) is 10.3. The molecule has 0 aromatic carbocycles. The van der Waals surface area contributed by atoms with Crippen LogP contribution < -0.4 is 11.5 Å². The fraction of sp³-hybridized carbons (Fsp3) is 0.909. The van der Waals surface area contributed by atoms with Crippen molar-refractivity contribution < 1.29 is 22.6 Å². The zero-order valence-electron chi connectivity index (χ0n) is 19.1. The van der Waals surface area contributed by atoms with E-state index in [0.29, 0.717) is 6.42 Å². The fourth-order valence-electron chi connectivity index (χ4n) is 3.08. The van der Waals surface area contributed by atoms with Gasteiger partial charge in [-0.05, 0) is 6.42 Å². The number of hydrogen-bond acceptors (Lipinski definition) is 4. The molecule has 32 heavy (non-hydrogen) atoms. The number of unbranched alkanes of at least 4 members (excludes halogenated alkanes) is 15. The van der Waals surface area contributed by atoms with E-state index in [-0.39, 0.29) is 77.7 Å². The van der Waals surface area contributed by atoms with Crippen molar-refractivity contribution in [1.29, 1.82) is 0 Å². The van der Waals surface area contributed by atoms with Crippen LogP contribution in [0.2, 0.25) is 0 Å². The molecule has 184 valence electrons. The molecule has 0 bridgehead atoms. The van der Waals surface area contributed by atoms with Crippen LogP contribution in [0.1, 0.15) is 122 Å². The first-order valence-corrected chi connectivity index (χ1v) is 13.3. The van der Waals surface area contributed by atoms with Crippen LogP contribution in [0.4, 0.5) is 0 Å². The molecule has 0 aliphatic heterocycles. The van der Waals surface area contributed by atoms with Gasteiger partial charge in [0.2, 0.25) is 11.8 Å². The third-order valence-corrected chi connectivity index (χ3v) is 5.68. The number of rotatable bonds is 20. The van der Waals surface area contributed by atoms with E-state index in [1.807, 2.05) is 0 Å².